The summed E-state index contributed by atoms with van der Waals surface area (Å²) in [6.45, 7) is 1.41. The molecule has 2 aromatic rings. The van der Waals surface area contributed by atoms with E-state index >= 15 is 0 Å². The van der Waals surface area contributed by atoms with E-state index in [0.29, 0.717) is 44.1 Å². The van der Waals surface area contributed by atoms with Crippen LogP contribution in [0.4, 0.5) is 4.39 Å². The van der Waals surface area contributed by atoms with Crippen LogP contribution in [0.3, 0.4) is 0 Å². The maximum absolute atomic E-state index is 14.1. The van der Waals surface area contributed by atoms with Crippen LogP contribution in [-0.4, -0.2) is 61.5 Å². The van der Waals surface area contributed by atoms with Gasteiger partial charge in [0.05, 0.1) is 17.7 Å². The molecular formula is C21H22ClFN2O4. The van der Waals surface area contributed by atoms with E-state index in [1.165, 1.54) is 30.2 Å². The average molecular weight is 421 g/mol. The summed E-state index contributed by atoms with van der Waals surface area (Å²) in [5, 5.41) is 0.0809. The van der Waals surface area contributed by atoms with Gasteiger partial charge in [-0.15, -0.1) is 0 Å². The number of benzene rings is 2. The minimum atomic E-state index is -0.648. The van der Waals surface area contributed by atoms with Crippen molar-refractivity contribution >= 4 is 23.4 Å². The van der Waals surface area contributed by atoms with Gasteiger partial charge in [-0.3, -0.25) is 9.59 Å². The third kappa shape index (κ3) is 4.98. The molecule has 0 unspecified atom stereocenters. The molecule has 0 saturated carbocycles. The van der Waals surface area contributed by atoms with Crippen LogP contribution in [0, 0.1) is 5.82 Å². The number of amides is 2. The van der Waals surface area contributed by atoms with Gasteiger partial charge in [-0.2, -0.15) is 0 Å². The lowest BCUT2D eigenvalue weighted by Crippen LogP contribution is -2.39. The summed E-state index contributed by atoms with van der Waals surface area (Å²) in [7, 11) is 1.53. The molecule has 3 rings (SSSR count). The minimum Gasteiger partial charge on any atom is -0.493 e. The number of carbonyl (C=O) groups is 2. The van der Waals surface area contributed by atoms with E-state index in [-0.39, 0.29) is 23.1 Å². The highest BCUT2D eigenvalue weighted by Gasteiger charge is 2.26. The fraction of sp³-hybridized carbons (Fsp3) is 0.333. The molecule has 1 saturated heterocycles. The molecule has 2 aromatic carbocycles. The fourth-order valence-corrected chi connectivity index (χ4v) is 3.44. The van der Waals surface area contributed by atoms with E-state index in [4.69, 9.17) is 21.1 Å². The lowest BCUT2D eigenvalue weighted by molar-refractivity contribution is -0.133. The van der Waals surface area contributed by atoms with Gasteiger partial charge in [0.2, 0.25) is 0 Å². The van der Waals surface area contributed by atoms with Gasteiger partial charge in [-0.25, -0.2) is 4.39 Å². The van der Waals surface area contributed by atoms with Gasteiger partial charge in [0.25, 0.3) is 11.8 Å². The molecular weight excluding hydrogens is 399 g/mol. The van der Waals surface area contributed by atoms with Crippen LogP contribution in [0.1, 0.15) is 16.8 Å². The molecule has 0 aliphatic carbocycles. The first-order valence-corrected chi connectivity index (χ1v) is 9.66. The quantitative estimate of drug-likeness (QED) is 0.745. The Bertz CT molecular complexity index is 872. The predicted molar refractivity (Wildman–Crippen MR) is 107 cm³/mol. The van der Waals surface area contributed by atoms with Crippen molar-refractivity contribution in [2.75, 3.05) is 39.9 Å². The zero-order chi connectivity index (χ0) is 20.8. The molecule has 1 aliphatic heterocycles. The van der Waals surface area contributed by atoms with Crippen LogP contribution in [0.5, 0.6) is 11.5 Å². The van der Waals surface area contributed by atoms with Gasteiger partial charge >= 0.3 is 0 Å². The van der Waals surface area contributed by atoms with Crippen molar-refractivity contribution in [3.63, 3.8) is 0 Å². The SMILES string of the molecule is COc1ccccc1OCC(=O)N1CCCN(C(=O)c2c(F)cccc2Cl)CC1. The Kier molecular flexibility index (Phi) is 6.93. The van der Waals surface area contributed by atoms with Crippen molar-refractivity contribution in [2.45, 2.75) is 6.42 Å². The molecule has 154 valence electrons. The summed E-state index contributed by atoms with van der Waals surface area (Å²) in [5.74, 6) is -0.259. The molecule has 0 atom stereocenters. The number of hydrogen-bond acceptors (Lipinski definition) is 4. The number of para-hydroxylation sites is 2. The lowest BCUT2D eigenvalue weighted by atomic mass is 10.1. The second kappa shape index (κ2) is 9.60. The first-order valence-electron chi connectivity index (χ1n) is 9.28. The van der Waals surface area contributed by atoms with Crippen molar-refractivity contribution in [3.05, 3.63) is 58.9 Å². The molecule has 0 spiro atoms. The van der Waals surface area contributed by atoms with Crippen molar-refractivity contribution in [1.29, 1.82) is 0 Å². The molecule has 0 bridgehead atoms. The van der Waals surface area contributed by atoms with E-state index < -0.39 is 11.7 Å². The smallest absolute Gasteiger partial charge is 0.260 e. The second-order valence-electron chi connectivity index (χ2n) is 6.56. The van der Waals surface area contributed by atoms with Gasteiger partial charge in [0, 0.05) is 26.2 Å². The molecule has 1 aliphatic rings. The first kappa shape index (κ1) is 20.9. The molecule has 1 heterocycles. The van der Waals surface area contributed by atoms with Crippen LogP contribution >= 0.6 is 11.6 Å². The van der Waals surface area contributed by atoms with Gasteiger partial charge in [0.1, 0.15) is 5.82 Å². The van der Waals surface area contributed by atoms with Crippen LogP contribution in [0.2, 0.25) is 5.02 Å². The zero-order valence-electron chi connectivity index (χ0n) is 16.1. The Morgan fingerprint density at radius 3 is 2.41 bits per heavy atom. The first-order chi connectivity index (χ1) is 14.0. The number of hydrogen-bond donors (Lipinski definition) is 0. The molecule has 29 heavy (non-hydrogen) atoms. The summed E-state index contributed by atoms with van der Waals surface area (Å²) in [4.78, 5) is 28.4. The molecule has 6 nitrogen and oxygen atoms in total. The van der Waals surface area contributed by atoms with Crippen LogP contribution in [0.15, 0.2) is 42.5 Å². The number of ether oxygens (including phenoxy) is 2. The van der Waals surface area contributed by atoms with Gasteiger partial charge in [-0.1, -0.05) is 29.8 Å². The Morgan fingerprint density at radius 2 is 1.69 bits per heavy atom. The zero-order valence-corrected chi connectivity index (χ0v) is 16.8. The van der Waals surface area contributed by atoms with Crippen molar-refractivity contribution < 1.29 is 23.5 Å². The van der Waals surface area contributed by atoms with E-state index in [0.717, 1.165) is 0 Å². The Hall–Kier alpha value is -2.80. The molecule has 1 fully saturated rings. The summed E-state index contributed by atoms with van der Waals surface area (Å²) >= 11 is 6.01. The van der Waals surface area contributed by atoms with Gasteiger partial charge in [0.15, 0.2) is 18.1 Å². The Morgan fingerprint density at radius 1 is 1.00 bits per heavy atom. The molecule has 0 aromatic heterocycles. The maximum Gasteiger partial charge on any atom is 0.260 e. The normalized spacial score (nSPS) is 14.3. The monoisotopic (exact) mass is 420 g/mol. The van der Waals surface area contributed by atoms with Gasteiger partial charge in [-0.05, 0) is 30.7 Å². The molecule has 0 N–H and O–H groups in total. The summed E-state index contributed by atoms with van der Waals surface area (Å²) in [5.41, 5.74) is -0.131. The predicted octanol–water partition coefficient (Wildman–Crippen LogP) is 3.24. The summed E-state index contributed by atoms with van der Waals surface area (Å²) in [6.07, 6.45) is 0.582. The number of methoxy groups -OCH3 is 1. The van der Waals surface area contributed by atoms with Crippen molar-refractivity contribution in [1.82, 2.24) is 9.80 Å². The third-order valence-electron chi connectivity index (χ3n) is 4.73. The highest BCUT2D eigenvalue weighted by molar-refractivity contribution is 6.33. The molecule has 0 radical (unpaired) electrons. The number of halogens is 2. The summed E-state index contributed by atoms with van der Waals surface area (Å²) in [6, 6.07) is 11.2. The number of carbonyl (C=O) groups excluding carboxylic acids is 2. The largest absolute Gasteiger partial charge is 0.493 e. The standard InChI is InChI=1S/C21H22ClFN2O4/c1-28-17-8-2-3-9-18(17)29-14-19(26)24-10-5-11-25(13-12-24)21(27)20-15(22)6-4-7-16(20)23/h2-4,6-9H,5,10-14H2,1H3. The van der Waals surface area contributed by atoms with E-state index in [1.54, 1.807) is 23.1 Å². The van der Waals surface area contributed by atoms with Crippen molar-refractivity contribution in [3.8, 4) is 11.5 Å². The maximum atomic E-state index is 14.1. The van der Waals surface area contributed by atoms with E-state index in [9.17, 15) is 14.0 Å². The minimum absolute atomic E-state index is 0.0809. The fourth-order valence-electron chi connectivity index (χ4n) is 3.20. The Labute approximate surface area is 173 Å². The van der Waals surface area contributed by atoms with E-state index in [1.807, 2.05) is 6.07 Å². The average Bonchev–Trinajstić information content (AvgIpc) is 2.98. The second-order valence-corrected chi connectivity index (χ2v) is 6.97. The highest BCUT2D eigenvalue weighted by atomic mass is 35.5. The van der Waals surface area contributed by atoms with E-state index in [2.05, 4.69) is 0 Å². The summed E-state index contributed by atoms with van der Waals surface area (Å²) < 4.78 is 24.9. The Balaban J connectivity index is 1.59. The molecule has 2 amide bonds. The van der Waals surface area contributed by atoms with Crippen LogP contribution in [0.25, 0.3) is 0 Å². The third-order valence-corrected chi connectivity index (χ3v) is 5.05. The number of nitrogens with zero attached hydrogens (tertiary/aromatic N) is 2. The van der Waals surface area contributed by atoms with Gasteiger partial charge < -0.3 is 19.3 Å². The molecule has 8 heteroatoms. The number of rotatable bonds is 5. The van der Waals surface area contributed by atoms with Crippen molar-refractivity contribution in [2.24, 2.45) is 0 Å². The van der Waals surface area contributed by atoms with Crippen LogP contribution < -0.4 is 9.47 Å². The van der Waals surface area contributed by atoms with Crippen LogP contribution in [-0.2, 0) is 4.79 Å². The highest BCUT2D eigenvalue weighted by Crippen LogP contribution is 2.26. The lowest BCUT2D eigenvalue weighted by Gasteiger charge is -2.23. The topological polar surface area (TPSA) is 59.1 Å².